The summed E-state index contributed by atoms with van der Waals surface area (Å²) in [5.74, 6) is -2.79. The van der Waals surface area contributed by atoms with Gasteiger partial charge in [0, 0.05) is 38.4 Å². The van der Waals surface area contributed by atoms with E-state index in [4.69, 9.17) is 10.5 Å². The fourth-order valence-electron chi connectivity index (χ4n) is 4.43. The third-order valence-electron chi connectivity index (χ3n) is 6.46. The molecule has 4 N–H and O–H groups in total. The minimum Gasteiger partial charge on any atom is -0.382 e. The summed E-state index contributed by atoms with van der Waals surface area (Å²) < 4.78 is 60.4. The first-order valence-corrected chi connectivity index (χ1v) is 14.5. The van der Waals surface area contributed by atoms with Crippen molar-refractivity contribution < 1.29 is 26.7 Å². The Morgan fingerprint density at radius 2 is 1.81 bits per heavy atom. The van der Waals surface area contributed by atoms with Crippen LogP contribution in [0.2, 0.25) is 0 Å². The number of ketones is 1. The summed E-state index contributed by atoms with van der Waals surface area (Å²) in [5.41, 5.74) is 5.20. The van der Waals surface area contributed by atoms with Crippen LogP contribution in [0, 0.1) is 11.6 Å². The minimum absolute atomic E-state index is 0.0455. The Kier molecular flexibility index (Phi) is 8.88. The van der Waals surface area contributed by atoms with E-state index in [1.807, 2.05) is 0 Å². The van der Waals surface area contributed by atoms with Crippen molar-refractivity contribution >= 4 is 38.1 Å². The van der Waals surface area contributed by atoms with Gasteiger partial charge in [0.1, 0.15) is 22.3 Å². The van der Waals surface area contributed by atoms with Crippen molar-refractivity contribution in [2.45, 2.75) is 44.2 Å². The van der Waals surface area contributed by atoms with E-state index in [1.165, 1.54) is 10.4 Å². The summed E-state index contributed by atoms with van der Waals surface area (Å²) >= 11 is 0.928. The number of ether oxygens (including phenoxy) is 1. The number of rotatable bonds is 10. The van der Waals surface area contributed by atoms with Gasteiger partial charge in [-0.3, -0.25) is 4.79 Å². The van der Waals surface area contributed by atoms with Gasteiger partial charge in [0.2, 0.25) is 15.8 Å². The zero-order valence-electron chi connectivity index (χ0n) is 19.8. The lowest BCUT2D eigenvalue weighted by Gasteiger charge is -2.31. The number of nitrogens with zero attached hydrogens (tertiary/aromatic N) is 2. The molecular weight excluding hydrogens is 512 g/mol. The fraction of sp³-hybridized carbons (Fsp3) is 0.565. The van der Waals surface area contributed by atoms with Crippen LogP contribution >= 0.6 is 11.3 Å². The molecule has 0 unspecified atom stereocenters. The number of benzene rings is 1. The maximum Gasteiger partial charge on any atom is 0.214 e. The van der Waals surface area contributed by atoms with Gasteiger partial charge in [-0.15, -0.1) is 0 Å². The third-order valence-corrected chi connectivity index (χ3v) is 9.42. The predicted octanol–water partition coefficient (Wildman–Crippen LogP) is 2.60. The van der Waals surface area contributed by atoms with E-state index in [2.05, 4.69) is 15.6 Å². The molecule has 0 spiro atoms. The van der Waals surface area contributed by atoms with Crippen LogP contribution in [0.5, 0.6) is 0 Å². The molecule has 1 aromatic carbocycles. The van der Waals surface area contributed by atoms with Gasteiger partial charge < -0.3 is 21.1 Å². The standard InChI is InChI=1S/C23H31F2N5O4S2/c24-17-3-1-4-18(25)19(17)20(31)21-22(26)29-23(35-21)28-16-5-10-30(11-6-16)36(32,33)14-2-9-27-15-7-12-34-13-8-15/h1,3-4,15-16,27H,2,5-14,26H2,(H,28,29). The van der Waals surface area contributed by atoms with E-state index in [0.29, 0.717) is 50.1 Å². The fourth-order valence-corrected chi connectivity index (χ4v) is 6.87. The van der Waals surface area contributed by atoms with Gasteiger partial charge in [0.25, 0.3) is 0 Å². The number of carbonyl (C=O) groups excluding carboxylic acids is 1. The molecule has 9 nitrogen and oxygen atoms in total. The number of nitrogens with one attached hydrogen (secondary N) is 2. The average Bonchev–Trinajstić information content (AvgIpc) is 3.22. The average molecular weight is 544 g/mol. The molecule has 4 rings (SSSR count). The van der Waals surface area contributed by atoms with Crippen molar-refractivity contribution in [2.24, 2.45) is 0 Å². The maximum absolute atomic E-state index is 14.0. The quantitative estimate of drug-likeness (QED) is 0.308. The molecule has 2 aliphatic heterocycles. The van der Waals surface area contributed by atoms with Crippen LogP contribution in [0.3, 0.4) is 0 Å². The number of piperidine rings is 1. The zero-order valence-corrected chi connectivity index (χ0v) is 21.5. The molecule has 13 heteroatoms. The van der Waals surface area contributed by atoms with Gasteiger partial charge in [0.05, 0.1) is 11.3 Å². The monoisotopic (exact) mass is 543 g/mol. The van der Waals surface area contributed by atoms with Gasteiger partial charge >= 0.3 is 0 Å². The van der Waals surface area contributed by atoms with Gasteiger partial charge in [-0.2, -0.15) is 0 Å². The molecule has 2 aliphatic rings. The number of halogens is 2. The highest BCUT2D eigenvalue weighted by Gasteiger charge is 2.29. The Balaban J connectivity index is 1.26. The van der Waals surface area contributed by atoms with E-state index < -0.39 is 33.0 Å². The SMILES string of the molecule is Nc1nc(NC2CCN(S(=O)(=O)CCCNC3CCOCC3)CC2)sc1C(=O)c1c(F)cccc1F. The molecule has 0 amide bonds. The molecular formula is C23H31F2N5O4S2. The van der Waals surface area contributed by atoms with Crippen molar-refractivity contribution in [3.63, 3.8) is 0 Å². The third kappa shape index (κ3) is 6.57. The Morgan fingerprint density at radius 1 is 1.14 bits per heavy atom. The summed E-state index contributed by atoms with van der Waals surface area (Å²) in [5, 5.41) is 6.95. The lowest BCUT2D eigenvalue weighted by atomic mass is 10.1. The van der Waals surface area contributed by atoms with Crippen LogP contribution in [0.4, 0.5) is 19.7 Å². The van der Waals surface area contributed by atoms with Crippen molar-refractivity contribution in [3.8, 4) is 0 Å². The molecule has 36 heavy (non-hydrogen) atoms. The van der Waals surface area contributed by atoms with Gasteiger partial charge in [-0.05, 0) is 50.8 Å². The van der Waals surface area contributed by atoms with E-state index in [9.17, 15) is 22.0 Å². The zero-order chi connectivity index (χ0) is 25.7. The normalized spacial score (nSPS) is 18.4. The number of aromatic nitrogens is 1. The second kappa shape index (κ2) is 11.9. The molecule has 2 aromatic rings. The van der Waals surface area contributed by atoms with Crippen molar-refractivity contribution in [1.82, 2.24) is 14.6 Å². The molecule has 2 saturated heterocycles. The predicted molar refractivity (Wildman–Crippen MR) is 135 cm³/mol. The van der Waals surface area contributed by atoms with Crippen LogP contribution in [0.25, 0.3) is 0 Å². The molecule has 2 fully saturated rings. The maximum atomic E-state index is 14.0. The van der Waals surface area contributed by atoms with Crippen LogP contribution in [-0.2, 0) is 14.8 Å². The highest BCUT2D eigenvalue weighted by molar-refractivity contribution is 7.89. The van der Waals surface area contributed by atoms with Crippen LogP contribution < -0.4 is 16.4 Å². The first kappa shape index (κ1) is 26.9. The highest BCUT2D eigenvalue weighted by Crippen LogP contribution is 2.30. The Labute approximate surface area is 213 Å². The first-order chi connectivity index (χ1) is 17.2. The minimum atomic E-state index is -3.34. The number of hydrogen-bond donors (Lipinski definition) is 3. The highest BCUT2D eigenvalue weighted by atomic mass is 32.2. The smallest absolute Gasteiger partial charge is 0.214 e. The van der Waals surface area contributed by atoms with Crippen molar-refractivity contribution in [2.75, 3.05) is 49.7 Å². The van der Waals surface area contributed by atoms with Gasteiger partial charge in [-0.25, -0.2) is 26.5 Å². The molecule has 0 radical (unpaired) electrons. The topological polar surface area (TPSA) is 127 Å². The van der Waals surface area contributed by atoms with Gasteiger partial charge in [-0.1, -0.05) is 17.4 Å². The number of thiazole rings is 1. The number of hydrogen-bond acceptors (Lipinski definition) is 9. The van der Waals surface area contributed by atoms with Gasteiger partial charge in [0.15, 0.2) is 5.13 Å². The number of carbonyl (C=O) groups is 1. The molecule has 1 aromatic heterocycles. The Morgan fingerprint density at radius 3 is 2.47 bits per heavy atom. The largest absolute Gasteiger partial charge is 0.382 e. The number of nitrogen functional groups attached to an aromatic ring is 1. The Hall–Kier alpha value is -2.19. The number of sulfonamides is 1. The molecule has 0 saturated carbocycles. The van der Waals surface area contributed by atoms with E-state index in [1.54, 1.807) is 0 Å². The lowest BCUT2D eigenvalue weighted by molar-refractivity contribution is 0.0781. The van der Waals surface area contributed by atoms with E-state index >= 15 is 0 Å². The first-order valence-electron chi connectivity index (χ1n) is 12.0. The van der Waals surface area contributed by atoms with Crippen molar-refractivity contribution in [1.29, 1.82) is 0 Å². The molecule has 0 aliphatic carbocycles. The van der Waals surface area contributed by atoms with E-state index in [0.717, 1.165) is 49.5 Å². The number of anilines is 2. The van der Waals surface area contributed by atoms with Crippen molar-refractivity contribution in [3.05, 3.63) is 40.3 Å². The van der Waals surface area contributed by atoms with Crippen LogP contribution in [0.1, 0.15) is 47.3 Å². The molecule has 3 heterocycles. The van der Waals surface area contributed by atoms with Crippen LogP contribution in [0.15, 0.2) is 18.2 Å². The van der Waals surface area contributed by atoms with E-state index in [-0.39, 0.29) is 22.5 Å². The summed E-state index contributed by atoms with van der Waals surface area (Å²) in [6.45, 7) is 2.90. The summed E-state index contributed by atoms with van der Waals surface area (Å²) in [6.07, 6.45) is 3.57. The summed E-state index contributed by atoms with van der Waals surface area (Å²) in [6, 6.07) is 3.53. The summed E-state index contributed by atoms with van der Waals surface area (Å²) in [4.78, 5) is 16.8. The second-order valence-electron chi connectivity index (χ2n) is 8.99. The second-order valence-corrected chi connectivity index (χ2v) is 12.1. The molecule has 0 atom stereocenters. The molecule has 0 bridgehead atoms. The molecule has 198 valence electrons. The summed E-state index contributed by atoms with van der Waals surface area (Å²) in [7, 11) is -3.34. The Bertz CT molecular complexity index is 1140. The lowest BCUT2D eigenvalue weighted by Crippen LogP contribution is -2.43. The van der Waals surface area contributed by atoms with Crippen LogP contribution in [-0.4, -0.2) is 74.2 Å². The number of nitrogens with two attached hydrogens (primary N) is 1.